The van der Waals surface area contributed by atoms with E-state index in [9.17, 15) is 0 Å². The van der Waals surface area contributed by atoms with Crippen LogP contribution in [0.2, 0.25) is 3.86 Å². The Morgan fingerprint density at radius 3 is 1.75 bits per heavy atom. The first-order valence-corrected chi connectivity index (χ1v) is 3.05. The molecule has 1 fully saturated rings. The average molecular weight is 163 g/mol. The Morgan fingerprint density at radius 2 is 1.75 bits per heavy atom. The first kappa shape index (κ1) is 3.03. The van der Waals surface area contributed by atoms with E-state index in [0.717, 1.165) is 3.86 Å². The second-order valence-electron chi connectivity index (χ2n) is 1.23. The Morgan fingerprint density at radius 1 is 1.50 bits per heavy atom. The first-order chi connectivity index (χ1) is 1.89. The van der Waals surface area contributed by atoms with E-state index in [-0.39, 0.29) is 0 Å². The van der Waals surface area contributed by atoms with Gasteiger partial charge in [0.05, 0.1) is 0 Å². The van der Waals surface area contributed by atoms with E-state index in [1.165, 1.54) is 12.8 Å². The van der Waals surface area contributed by atoms with Gasteiger partial charge in [0.15, 0.2) is 0 Å². The second kappa shape index (κ2) is 0.896. The maximum atomic E-state index is 1.98. The second-order valence-corrected chi connectivity index (χ2v) is 3.32. The molecule has 0 aliphatic heterocycles. The summed E-state index contributed by atoms with van der Waals surface area (Å²) in [6.07, 6.45) is 3.02. The topological polar surface area (TPSA) is 0 Å². The van der Waals surface area contributed by atoms with Crippen molar-refractivity contribution in [2.24, 2.45) is 0 Å². The average Bonchev–Trinajstić information content (AvgIpc) is 1.75. The van der Waals surface area contributed by atoms with Gasteiger partial charge in [0.25, 0.3) is 0 Å². The molecule has 0 aromatic rings. The molecule has 1 rings (SSSR count). The molecule has 0 aromatic heterocycles. The Bertz CT molecular complexity index is 22.5. The Balaban J connectivity index is 2.17. The zero-order valence-electron chi connectivity index (χ0n) is 2.44. The molecule has 0 amide bonds. The van der Waals surface area contributed by atoms with Gasteiger partial charge in [-0.3, -0.25) is 0 Å². The number of hydrogen-bond donors (Lipinski definition) is 0. The number of rotatable bonds is 0. The van der Waals surface area contributed by atoms with Gasteiger partial charge in [-0.2, -0.15) is 0 Å². The van der Waals surface area contributed by atoms with Gasteiger partial charge in [-0.05, 0) is 0 Å². The van der Waals surface area contributed by atoms with Crippen molar-refractivity contribution < 1.29 is 0 Å². The maximum absolute atomic E-state index is 1.98. The Hall–Kier alpha value is 0.818. The molecule has 1 heteroatoms. The van der Waals surface area contributed by atoms with Gasteiger partial charge in [-0.1, -0.05) is 0 Å². The van der Waals surface area contributed by atoms with Crippen LogP contribution in [0, 0.1) is 0 Å². The quantitative estimate of drug-likeness (QED) is 0.461. The fraction of sp³-hybridized carbons (Fsp3) is 1.00. The van der Waals surface area contributed by atoms with Gasteiger partial charge < -0.3 is 0 Å². The van der Waals surface area contributed by atoms with E-state index in [1.807, 2.05) is 23.0 Å². The van der Waals surface area contributed by atoms with Gasteiger partial charge in [0.1, 0.15) is 0 Å². The van der Waals surface area contributed by atoms with Crippen molar-refractivity contribution in [2.45, 2.75) is 16.7 Å². The Kier molecular flexibility index (Phi) is 0.678. The van der Waals surface area contributed by atoms with E-state index < -0.39 is 0 Å². The molecular weight excluding hydrogens is 158 g/mol. The molecule has 0 heterocycles. The van der Waals surface area contributed by atoms with Crippen molar-refractivity contribution in [3.05, 3.63) is 0 Å². The third kappa shape index (κ3) is 0.639. The van der Waals surface area contributed by atoms with Gasteiger partial charge >= 0.3 is 39.7 Å². The SMILES string of the molecule is [Sb][CH]1CC1. The molecule has 4 heavy (non-hydrogen) atoms. The van der Waals surface area contributed by atoms with Crippen LogP contribution in [0.1, 0.15) is 12.8 Å². The van der Waals surface area contributed by atoms with Gasteiger partial charge in [0.2, 0.25) is 0 Å². The summed E-state index contributed by atoms with van der Waals surface area (Å²) in [6, 6.07) is 0. The molecule has 0 aromatic carbocycles. The van der Waals surface area contributed by atoms with Crippen LogP contribution < -0.4 is 0 Å². The fourth-order valence-electron chi connectivity index (χ4n) is 0.0745. The van der Waals surface area contributed by atoms with Crippen molar-refractivity contribution in [1.29, 1.82) is 0 Å². The summed E-state index contributed by atoms with van der Waals surface area (Å²) in [5.74, 6) is 0. The Labute approximate surface area is 40.1 Å². The fourth-order valence-corrected chi connectivity index (χ4v) is 0.500. The molecule has 0 spiro atoms. The van der Waals surface area contributed by atoms with E-state index in [0.29, 0.717) is 0 Å². The molecule has 0 bridgehead atoms. The minimum atomic E-state index is 1.13. The monoisotopic (exact) mass is 162 g/mol. The van der Waals surface area contributed by atoms with Crippen LogP contribution >= 0.6 is 0 Å². The first-order valence-electron chi connectivity index (χ1n) is 1.57. The van der Waals surface area contributed by atoms with Crippen molar-refractivity contribution in [3.8, 4) is 0 Å². The van der Waals surface area contributed by atoms with Crippen LogP contribution in [-0.4, -0.2) is 23.0 Å². The van der Waals surface area contributed by atoms with Crippen LogP contribution in [0.4, 0.5) is 0 Å². The van der Waals surface area contributed by atoms with Crippen LogP contribution in [-0.2, 0) is 0 Å². The molecule has 0 unspecified atom stereocenters. The molecule has 2 radical (unpaired) electrons. The van der Waals surface area contributed by atoms with Gasteiger partial charge in [-0.15, -0.1) is 0 Å². The standard InChI is InChI=1S/C3H5.Sb/c1-2-3-1;/h1H,2-3H2;. The minimum absolute atomic E-state index is 1.13. The van der Waals surface area contributed by atoms with Crippen molar-refractivity contribution >= 4 is 23.0 Å². The van der Waals surface area contributed by atoms with Crippen molar-refractivity contribution in [2.75, 3.05) is 0 Å². The van der Waals surface area contributed by atoms with E-state index in [4.69, 9.17) is 0 Å². The van der Waals surface area contributed by atoms with Crippen molar-refractivity contribution in [3.63, 3.8) is 0 Å². The molecule has 1 aliphatic rings. The number of hydrogen-bond acceptors (Lipinski definition) is 0. The summed E-state index contributed by atoms with van der Waals surface area (Å²) in [7, 11) is 0. The van der Waals surface area contributed by atoms with Crippen LogP contribution in [0.15, 0.2) is 0 Å². The predicted molar refractivity (Wildman–Crippen MR) is 18.7 cm³/mol. The van der Waals surface area contributed by atoms with E-state index in [1.54, 1.807) is 0 Å². The molecule has 1 aliphatic carbocycles. The van der Waals surface area contributed by atoms with Crippen LogP contribution in [0.25, 0.3) is 0 Å². The molecule has 0 saturated heterocycles. The summed E-state index contributed by atoms with van der Waals surface area (Å²) in [5.41, 5.74) is 0. The van der Waals surface area contributed by atoms with Crippen LogP contribution in [0.3, 0.4) is 0 Å². The molecular formula is C3H5Sb. The summed E-state index contributed by atoms with van der Waals surface area (Å²) >= 11 is 1.98. The molecule has 1 saturated carbocycles. The van der Waals surface area contributed by atoms with E-state index in [2.05, 4.69) is 0 Å². The third-order valence-corrected chi connectivity index (χ3v) is 2.02. The molecule has 0 atom stereocenters. The summed E-state index contributed by atoms with van der Waals surface area (Å²) in [4.78, 5) is 0. The van der Waals surface area contributed by atoms with Gasteiger partial charge in [0, 0.05) is 0 Å². The summed E-state index contributed by atoms with van der Waals surface area (Å²) < 4.78 is 1.13. The normalized spacial score (nSPS) is 26.2. The summed E-state index contributed by atoms with van der Waals surface area (Å²) in [5, 5.41) is 0. The van der Waals surface area contributed by atoms with Crippen molar-refractivity contribution in [1.82, 2.24) is 0 Å². The van der Waals surface area contributed by atoms with Crippen LogP contribution in [0.5, 0.6) is 0 Å². The molecule has 0 nitrogen and oxygen atoms in total. The predicted octanol–water partition coefficient (Wildman–Crippen LogP) is 0.737. The zero-order valence-corrected chi connectivity index (χ0v) is 4.99. The molecule has 22 valence electrons. The summed E-state index contributed by atoms with van der Waals surface area (Å²) in [6.45, 7) is 0. The zero-order chi connectivity index (χ0) is 2.99. The molecule has 0 N–H and O–H groups in total. The van der Waals surface area contributed by atoms with E-state index >= 15 is 0 Å². The third-order valence-electron chi connectivity index (χ3n) is 0.547. The van der Waals surface area contributed by atoms with Gasteiger partial charge in [-0.25, -0.2) is 0 Å².